The number of benzene rings is 1. The van der Waals surface area contributed by atoms with E-state index >= 15 is 0 Å². The molecule has 1 aromatic heterocycles. The van der Waals surface area contributed by atoms with E-state index in [-0.39, 0.29) is 24.1 Å². The minimum absolute atomic E-state index is 0.0514. The van der Waals surface area contributed by atoms with Crippen LogP contribution in [0.5, 0.6) is 5.75 Å². The molecule has 0 radical (unpaired) electrons. The number of ether oxygens (including phenoxy) is 2. The van der Waals surface area contributed by atoms with Crippen LogP contribution >= 0.6 is 0 Å². The summed E-state index contributed by atoms with van der Waals surface area (Å²) in [6, 6.07) is 13.0. The van der Waals surface area contributed by atoms with Gasteiger partial charge in [0.05, 0.1) is 24.4 Å². The summed E-state index contributed by atoms with van der Waals surface area (Å²) in [5, 5.41) is 6.25. The molecule has 1 amide bonds. The van der Waals surface area contributed by atoms with E-state index in [9.17, 15) is 4.79 Å². The van der Waals surface area contributed by atoms with Crippen LogP contribution < -0.4 is 15.4 Å². The number of pyridine rings is 1. The van der Waals surface area contributed by atoms with Gasteiger partial charge in [-0.15, -0.1) is 0 Å². The van der Waals surface area contributed by atoms with Crippen LogP contribution in [0.3, 0.4) is 0 Å². The second-order valence-electron chi connectivity index (χ2n) is 6.42. The third-order valence-electron chi connectivity index (χ3n) is 4.43. The Morgan fingerprint density at radius 2 is 2.27 bits per heavy atom. The SMILES string of the molecule is CC(NC(=O)[C@H]1NCCO[C@@H]1C)c1cccc(OCc2ccccn2)c1. The maximum absolute atomic E-state index is 12.5. The molecule has 1 aromatic carbocycles. The number of aromatic nitrogens is 1. The molecule has 3 rings (SSSR count). The highest BCUT2D eigenvalue weighted by Crippen LogP contribution is 2.20. The van der Waals surface area contributed by atoms with Crippen molar-refractivity contribution in [2.75, 3.05) is 13.2 Å². The fraction of sp³-hybridized carbons (Fsp3) is 0.400. The third-order valence-corrected chi connectivity index (χ3v) is 4.43. The molecule has 0 bridgehead atoms. The monoisotopic (exact) mass is 355 g/mol. The minimum Gasteiger partial charge on any atom is -0.487 e. The average molecular weight is 355 g/mol. The maximum Gasteiger partial charge on any atom is 0.240 e. The van der Waals surface area contributed by atoms with E-state index in [0.717, 1.165) is 17.0 Å². The largest absolute Gasteiger partial charge is 0.487 e. The van der Waals surface area contributed by atoms with Crippen LogP contribution in [0.25, 0.3) is 0 Å². The maximum atomic E-state index is 12.5. The molecule has 1 aliphatic heterocycles. The first-order valence-corrected chi connectivity index (χ1v) is 8.91. The Hall–Kier alpha value is -2.44. The lowest BCUT2D eigenvalue weighted by Gasteiger charge is -2.30. The van der Waals surface area contributed by atoms with Gasteiger partial charge < -0.3 is 20.1 Å². The first-order valence-electron chi connectivity index (χ1n) is 8.91. The summed E-state index contributed by atoms with van der Waals surface area (Å²) in [5.41, 5.74) is 1.86. The standard InChI is InChI=1S/C20H25N3O3/c1-14(23-20(24)19-15(2)25-11-10-22-19)16-6-5-8-18(12-16)26-13-17-7-3-4-9-21-17/h3-9,12,14-15,19,22H,10-11,13H2,1-2H3,(H,23,24)/t14?,15-,19+/m1/s1. The van der Waals surface area contributed by atoms with Gasteiger partial charge in [0.15, 0.2) is 0 Å². The van der Waals surface area contributed by atoms with Crippen LogP contribution in [0, 0.1) is 0 Å². The van der Waals surface area contributed by atoms with Crippen LogP contribution in [-0.2, 0) is 16.1 Å². The lowest BCUT2D eigenvalue weighted by Crippen LogP contribution is -2.55. The van der Waals surface area contributed by atoms with Crippen molar-refractivity contribution in [2.24, 2.45) is 0 Å². The van der Waals surface area contributed by atoms with E-state index in [0.29, 0.717) is 19.8 Å². The molecular formula is C20H25N3O3. The zero-order valence-corrected chi connectivity index (χ0v) is 15.1. The minimum atomic E-state index is -0.324. The van der Waals surface area contributed by atoms with Gasteiger partial charge >= 0.3 is 0 Å². The summed E-state index contributed by atoms with van der Waals surface area (Å²) in [6.45, 7) is 5.60. The fourth-order valence-electron chi connectivity index (χ4n) is 2.93. The van der Waals surface area contributed by atoms with Crippen molar-refractivity contribution < 1.29 is 14.3 Å². The Kier molecular flexibility index (Phi) is 6.20. The first kappa shape index (κ1) is 18.4. The van der Waals surface area contributed by atoms with Crippen molar-refractivity contribution in [2.45, 2.75) is 38.6 Å². The fourth-order valence-corrected chi connectivity index (χ4v) is 2.93. The molecule has 1 unspecified atom stereocenters. The number of morpholine rings is 1. The Labute approximate surface area is 153 Å². The summed E-state index contributed by atoms with van der Waals surface area (Å²) in [4.78, 5) is 16.7. The molecule has 138 valence electrons. The van der Waals surface area contributed by atoms with Gasteiger partial charge in [0, 0.05) is 12.7 Å². The lowest BCUT2D eigenvalue weighted by atomic mass is 10.1. The van der Waals surface area contributed by atoms with Crippen molar-refractivity contribution in [3.05, 3.63) is 59.9 Å². The molecule has 6 nitrogen and oxygen atoms in total. The van der Waals surface area contributed by atoms with E-state index < -0.39 is 0 Å². The average Bonchev–Trinajstić information content (AvgIpc) is 2.67. The normalized spacial score (nSPS) is 21.0. The number of hydrogen-bond acceptors (Lipinski definition) is 5. The summed E-state index contributed by atoms with van der Waals surface area (Å²) in [5.74, 6) is 0.700. The number of rotatable bonds is 6. The summed E-state index contributed by atoms with van der Waals surface area (Å²) in [6.07, 6.45) is 1.61. The van der Waals surface area contributed by atoms with Crippen molar-refractivity contribution in [3.63, 3.8) is 0 Å². The molecule has 26 heavy (non-hydrogen) atoms. The highest BCUT2D eigenvalue weighted by Gasteiger charge is 2.29. The topological polar surface area (TPSA) is 72.5 Å². The van der Waals surface area contributed by atoms with E-state index in [4.69, 9.17) is 9.47 Å². The Balaban J connectivity index is 1.59. The van der Waals surface area contributed by atoms with Crippen molar-refractivity contribution >= 4 is 5.91 Å². The van der Waals surface area contributed by atoms with Gasteiger partial charge in [0.1, 0.15) is 18.4 Å². The molecule has 1 saturated heterocycles. The molecule has 1 fully saturated rings. The van der Waals surface area contributed by atoms with Gasteiger partial charge in [-0.05, 0) is 43.7 Å². The summed E-state index contributed by atoms with van der Waals surface area (Å²) in [7, 11) is 0. The summed E-state index contributed by atoms with van der Waals surface area (Å²) < 4.78 is 11.4. The van der Waals surface area contributed by atoms with Crippen LogP contribution in [-0.4, -0.2) is 36.2 Å². The number of amides is 1. The molecule has 0 saturated carbocycles. The highest BCUT2D eigenvalue weighted by atomic mass is 16.5. The smallest absolute Gasteiger partial charge is 0.240 e. The quantitative estimate of drug-likeness (QED) is 0.831. The molecule has 2 heterocycles. The Morgan fingerprint density at radius 3 is 3.04 bits per heavy atom. The predicted molar refractivity (Wildman–Crippen MR) is 98.8 cm³/mol. The molecule has 0 spiro atoms. The van der Waals surface area contributed by atoms with Crippen LogP contribution in [0.4, 0.5) is 0 Å². The van der Waals surface area contributed by atoms with E-state index in [2.05, 4.69) is 15.6 Å². The summed E-state index contributed by atoms with van der Waals surface area (Å²) >= 11 is 0. The molecule has 2 N–H and O–H groups in total. The van der Waals surface area contributed by atoms with E-state index in [1.54, 1.807) is 6.20 Å². The number of carbonyl (C=O) groups excluding carboxylic acids is 1. The third kappa shape index (κ3) is 4.80. The van der Waals surface area contributed by atoms with Crippen LogP contribution in [0.2, 0.25) is 0 Å². The van der Waals surface area contributed by atoms with Crippen LogP contribution in [0.15, 0.2) is 48.7 Å². The predicted octanol–water partition coefficient (Wildman–Crippen LogP) is 2.21. The van der Waals surface area contributed by atoms with Gasteiger partial charge in [-0.25, -0.2) is 0 Å². The van der Waals surface area contributed by atoms with E-state index in [1.165, 1.54) is 0 Å². The molecule has 0 aliphatic carbocycles. The van der Waals surface area contributed by atoms with Crippen molar-refractivity contribution in [1.82, 2.24) is 15.6 Å². The Morgan fingerprint density at radius 1 is 1.38 bits per heavy atom. The van der Waals surface area contributed by atoms with Crippen molar-refractivity contribution in [3.8, 4) is 5.75 Å². The number of carbonyl (C=O) groups is 1. The lowest BCUT2D eigenvalue weighted by molar-refractivity contribution is -0.129. The van der Waals surface area contributed by atoms with Gasteiger partial charge in [0.25, 0.3) is 0 Å². The first-order chi connectivity index (χ1) is 12.6. The van der Waals surface area contributed by atoms with Gasteiger partial charge in [0.2, 0.25) is 5.91 Å². The molecule has 1 aliphatic rings. The van der Waals surface area contributed by atoms with E-state index in [1.807, 2.05) is 56.3 Å². The second kappa shape index (κ2) is 8.78. The second-order valence-corrected chi connectivity index (χ2v) is 6.42. The van der Waals surface area contributed by atoms with Crippen molar-refractivity contribution in [1.29, 1.82) is 0 Å². The molecule has 6 heteroatoms. The Bertz CT molecular complexity index is 723. The number of nitrogens with zero attached hydrogens (tertiary/aromatic N) is 1. The van der Waals surface area contributed by atoms with Gasteiger partial charge in [-0.3, -0.25) is 9.78 Å². The number of nitrogens with one attached hydrogen (secondary N) is 2. The number of hydrogen-bond donors (Lipinski definition) is 2. The molecular weight excluding hydrogens is 330 g/mol. The zero-order valence-electron chi connectivity index (χ0n) is 15.1. The van der Waals surface area contributed by atoms with Gasteiger partial charge in [-0.1, -0.05) is 18.2 Å². The highest BCUT2D eigenvalue weighted by molar-refractivity contribution is 5.82. The zero-order chi connectivity index (χ0) is 18.4. The van der Waals surface area contributed by atoms with Gasteiger partial charge in [-0.2, -0.15) is 0 Å². The van der Waals surface area contributed by atoms with Crippen LogP contribution in [0.1, 0.15) is 31.1 Å². The molecule has 2 aromatic rings. The molecule has 3 atom stereocenters.